The first kappa shape index (κ1) is 25.5. The SMILES string of the molecule is CC(C)(C)OC(=O)N1C2CCC1CC(O)C2.CCCCCC(O)CC.Cl. The van der Waals surface area contributed by atoms with Gasteiger partial charge in [-0.05, 0) is 59.3 Å². The van der Waals surface area contributed by atoms with E-state index in [4.69, 9.17) is 9.84 Å². The molecule has 0 aromatic carbocycles. The number of aliphatic hydroxyl groups is 2. The summed E-state index contributed by atoms with van der Waals surface area (Å²) in [5.41, 5.74) is -0.438. The van der Waals surface area contributed by atoms with E-state index in [1.165, 1.54) is 19.3 Å². The van der Waals surface area contributed by atoms with Crippen LogP contribution >= 0.6 is 12.4 Å². The second kappa shape index (κ2) is 12.0. The molecule has 3 unspecified atom stereocenters. The lowest BCUT2D eigenvalue weighted by Crippen LogP contribution is -2.49. The number of hydrogen-bond donors (Lipinski definition) is 2. The van der Waals surface area contributed by atoms with Gasteiger partial charge in [0.25, 0.3) is 0 Å². The maximum Gasteiger partial charge on any atom is 0.410 e. The molecule has 3 atom stereocenters. The number of fused-ring (bicyclic) bond motifs is 2. The lowest BCUT2D eigenvalue weighted by molar-refractivity contribution is -0.0110. The molecule has 2 saturated heterocycles. The molecule has 0 spiro atoms. The number of ether oxygens (including phenoxy) is 1. The fraction of sp³-hybridized carbons (Fsp3) is 0.950. The van der Waals surface area contributed by atoms with Crippen LogP contribution in [0.25, 0.3) is 0 Å². The van der Waals surface area contributed by atoms with Gasteiger partial charge in [-0.2, -0.15) is 0 Å². The number of carbonyl (C=O) groups is 1. The molecule has 0 aromatic heterocycles. The zero-order chi connectivity index (χ0) is 19.0. The summed E-state index contributed by atoms with van der Waals surface area (Å²) in [4.78, 5) is 13.8. The minimum atomic E-state index is -0.438. The van der Waals surface area contributed by atoms with Gasteiger partial charge in [0.2, 0.25) is 0 Å². The van der Waals surface area contributed by atoms with E-state index in [9.17, 15) is 9.90 Å². The number of amides is 1. The van der Waals surface area contributed by atoms with E-state index < -0.39 is 5.60 Å². The molecule has 1 amide bonds. The average Bonchev–Trinajstić information content (AvgIpc) is 2.78. The largest absolute Gasteiger partial charge is 0.444 e. The predicted octanol–water partition coefficient (Wildman–Crippen LogP) is 4.67. The molecule has 2 rings (SSSR count). The van der Waals surface area contributed by atoms with Gasteiger partial charge in [0.05, 0.1) is 12.2 Å². The van der Waals surface area contributed by atoms with E-state index >= 15 is 0 Å². The molecule has 2 fully saturated rings. The molecule has 156 valence electrons. The normalized spacial score (nSPS) is 25.7. The molecule has 6 heteroatoms. The Kier molecular flexibility index (Phi) is 11.8. The van der Waals surface area contributed by atoms with Crippen LogP contribution < -0.4 is 0 Å². The summed E-state index contributed by atoms with van der Waals surface area (Å²) < 4.78 is 5.40. The van der Waals surface area contributed by atoms with Crippen LogP contribution in [0, 0.1) is 0 Å². The van der Waals surface area contributed by atoms with E-state index in [-0.39, 0.29) is 42.8 Å². The number of hydrogen-bond acceptors (Lipinski definition) is 4. The van der Waals surface area contributed by atoms with E-state index in [1.54, 1.807) is 0 Å². The van der Waals surface area contributed by atoms with E-state index in [0.717, 1.165) is 25.7 Å². The van der Waals surface area contributed by atoms with Gasteiger partial charge in [-0.1, -0.05) is 33.1 Å². The Hall–Kier alpha value is -0.520. The van der Waals surface area contributed by atoms with Crippen LogP contribution in [0.4, 0.5) is 4.79 Å². The summed E-state index contributed by atoms with van der Waals surface area (Å²) in [5.74, 6) is 0. The standard InChI is InChI=1S/C12H21NO3.C8H18O.ClH/c1-12(2,3)16-11(15)13-8-4-5-9(13)7-10(14)6-8;1-3-5-6-7-8(9)4-2;/h8-10,14H,4-7H2,1-3H3;8-9H,3-7H2,1-2H3;1H. The van der Waals surface area contributed by atoms with Crippen molar-refractivity contribution in [1.82, 2.24) is 4.90 Å². The van der Waals surface area contributed by atoms with Crippen molar-refractivity contribution >= 4 is 18.5 Å². The predicted molar refractivity (Wildman–Crippen MR) is 108 cm³/mol. The second-order valence-electron chi connectivity index (χ2n) is 8.46. The Morgan fingerprint density at radius 1 is 1.15 bits per heavy atom. The Morgan fingerprint density at radius 2 is 1.69 bits per heavy atom. The Balaban J connectivity index is 0.000000543. The molecule has 0 aliphatic carbocycles. The second-order valence-corrected chi connectivity index (χ2v) is 8.46. The van der Waals surface area contributed by atoms with Crippen molar-refractivity contribution in [2.75, 3.05) is 0 Å². The number of aliphatic hydroxyl groups excluding tert-OH is 2. The van der Waals surface area contributed by atoms with Gasteiger partial charge in [0, 0.05) is 12.1 Å². The van der Waals surface area contributed by atoms with Crippen LogP contribution in [-0.2, 0) is 4.74 Å². The van der Waals surface area contributed by atoms with E-state index in [1.807, 2.05) is 32.6 Å². The van der Waals surface area contributed by atoms with Gasteiger partial charge in [-0.15, -0.1) is 12.4 Å². The number of rotatable bonds is 5. The van der Waals surface area contributed by atoms with Crippen LogP contribution in [0.2, 0.25) is 0 Å². The number of piperidine rings is 1. The molecule has 2 heterocycles. The topological polar surface area (TPSA) is 70.0 Å². The molecular weight excluding hydrogens is 354 g/mol. The Bertz CT molecular complexity index is 386. The van der Waals surface area contributed by atoms with Crippen molar-refractivity contribution in [3.05, 3.63) is 0 Å². The van der Waals surface area contributed by atoms with Crippen molar-refractivity contribution in [1.29, 1.82) is 0 Å². The Morgan fingerprint density at radius 3 is 2.12 bits per heavy atom. The van der Waals surface area contributed by atoms with Crippen LogP contribution in [0.1, 0.15) is 92.4 Å². The fourth-order valence-corrected chi connectivity index (χ4v) is 3.60. The van der Waals surface area contributed by atoms with Gasteiger partial charge in [-0.3, -0.25) is 0 Å². The lowest BCUT2D eigenvalue weighted by Gasteiger charge is -2.37. The molecule has 0 aromatic rings. The number of carbonyl (C=O) groups excluding carboxylic acids is 1. The van der Waals surface area contributed by atoms with Crippen molar-refractivity contribution < 1.29 is 19.7 Å². The zero-order valence-corrected chi connectivity index (χ0v) is 18.1. The molecule has 0 saturated carbocycles. The molecule has 2 aliphatic rings. The minimum Gasteiger partial charge on any atom is -0.444 e. The minimum absolute atomic E-state index is 0. The monoisotopic (exact) mass is 393 g/mol. The molecule has 26 heavy (non-hydrogen) atoms. The van der Waals surface area contributed by atoms with Crippen LogP contribution in [-0.4, -0.2) is 51.1 Å². The molecular formula is C20H40ClNO4. The summed E-state index contributed by atoms with van der Waals surface area (Å²) in [6.07, 6.45) is 8.50. The lowest BCUT2D eigenvalue weighted by atomic mass is 10.0. The third kappa shape index (κ3) is 8.92. The molecule has 5 nitrogen and oxygen atoms in total. The molecule has 2 aliphatic heterocycles. The first-order valence-corrected chi connectivity index (χ1v) is 10.0. The van der Waals surface area contributed by atoms with Gasteiger partial charge < -0.3 is 19.8 Å². The molecule has 2 N–H and O–H groups in total. The summed E-state index contributed by atoms with van der Waals surface area (Å²) in [6, 6.07) is 0.368. The highest BCUT2D eigenvalue weighted by molar-refractivity contribution is 5.85. The van der Waals surface area contributed by atoms with Gasteiger partial charge >= 0.3 is 6.09 Å². The van der Waals surface area contributed by atoms with Crippen molar-refractivity contribution in [3.63, 3.8) is 0 Å². The van der Waals surface area contributed by atoms with Gasteiger partial charge in [0.15, 0.2) is 0 Å². The molecule has 2 bridgehead atoms. The average molecular weight is 394 g/mol. The van der Waals surface area contributed by atoms with Crippen LogP contribution in [0.3, 0.4) is 0 Å². The highest BCUT2D eigenvalue weighted by atomic mass is 35.5. The quantitative estimate of drug-likeness (QED) is 0.666. The number of unbranched alkanes of at least 4 members (excludes halogenated alkanes) is 2. The maximum atomic E-state index is 12.0. The smallest absolute Gasteiger partial charge is 0.410 e. The van der Waals surface area contributed by atoms with Crippen LogP contribution in [0.15, 0.2) is 0 Å². The Labute approximate surface area is 165 Å². The van der Waals surface area contributed by atoms with Crippen molar-refractivity contribution in [2.24, 2.45) is 0 Å². The highest BCUT2D eigenvalue weighted by Crippen LogP contribution is 2.36. The summed E-state index contributed by atoms with van der Waals surface area (Å²) >= 11 is 0. The summed E-state index contributed by atoms with van der Waals surface area (Å²) in [7, 11) is 0. The van der Waals surface area contributed by atoms with Gasteiger partial charge in [0.1, 0.15) is 5.60 Å². The molecule has 0 radical (unpaired) electrons. The fourth-order valence-electron chi connectivity index (χ4n) is 3.60. The van der Waals surface area contributed by atoms with E-state index in [0.29, 0.717) is 12.8 Å². The van der Waals surface area contributed by atoms with Gasteiger partial charge in [-0.25, -0.2) is 4.79 Å². The summed E-state index contributed by atoms with van der Waals surface area (Å²) in [5, 5.41) is 18.7. The van der Waals surface area contributed by atoms with Crippen molar-refractivity contribution in [3.8, 4) is 0 Å². The zero-order valence-electron chi connectivity index (χ0n) is 17.2. The third-order valence-electron chi connectivity index (χ3n) is 4.92. The number of halogens is 1. The first-order valence-electron chi connectivity index (χ1n) is 10.0. The first-order chi connectivity index (χ1) is 11.7. The van der Waals surface area contributed by atoms with Crippen molar-refractivity contribution in [2.45, 2.75) is 122 Å². The highest BCUT2D eigenvalue weighted by Gasteiger charge is 2.44. The summed E-state index contributed by atoms with van der Waals surface area (Å²) in [6.45, 7) is 9.84. The van der Waals surface area contributed by atoms with E-state index in [2.05, 4.69) is 6.92 Å². The van der Waals surface area contributed by atoms with Crippen LogP contribution in [0.5, 0.6) is 0 Å². The third-order valence-corrected chi connectivity index (χ3v) is 4.92. The number of nitrogens with zero attached hydrogens (tertiary/aromatic N) is 1. The maximum absolute atomic E-state index is 12.0.